The summed E-state index contributed by atoms with van der Waals surface area (Å²) in [6.45, 7) is 0.420. The third-order valence-electron chi connectivity index (χ3n) is 3.37. The number of ether oxygens (including phenoxy) is 2. The Hall–Kier alpha value is -3.21. The van der Waals surface area contributed by atoms with Crippen LogP contribution in [0.5, 0.6) is 0 Å². The van der Waals surface area contributed by atoms with Crippen LogP contribution >= 0.6 is 0 Å². The van der Waals surface area contributed by atoms with Crippen LogP contribution in [0, 0.1) is 17.2 Å². The molecule has 1 aromatic heterocycles. The van der Waals surface area contributed by atoms with Gasteiger partial charge in [-0.2, -0.15) is 5.26 Å². The molecule has 0 saturated carbocycles. The van der Waals surface area contributed by atoms with Gasteiger partial charge in [-0.25, -0.2) is 4.68 Å². The Morgan fingerprint density at radius 2 is 2.00 bits per heavy atom. The molecule has 24 heavy (non-hydrogen) atoms. The lowest BCUT2D eigenvalue weighted by Gasteiger charge is -2.10. The molecule has 0 aliphatic carbocycles. The number of hydrogen-bond acceptors (Lipinski definition) is 7. The lowest BCUT2D eigenvalue weighted by molar-refractivity contribution is -0.158. The summed E-state index contributed by atoms with van der Waals surface area (Å²) in [5.74, 6) is -2.44. The summed E-state index contributed by atoms with van der Waals surface area (Å²) in [5.41, 5.74) is 1.92. The lowest BCUT2D eigenvalue weighted by atomic mass is 10.0. The van der Waals surface area contributed by atoms with Gasteiger partial charge in [0.15, 0.2) is 5.92 Å². The Morgan fingerprint density at radius 1 is 1.29 bits per heavy atom. The molecule has 0 saturated heterocycles. The molecule has 0 amide bonds. The van der Waals surface area contributed by atoms with Gasteiger partial charge in [-0.3, -0.25) is 9.59 Å². The van der Waals surface area contributed by atoms with Crippen LogP contribution in [-0.4, -0.2) is 41.2 Å². The van der Waals surface area contributed by atoms with Crippen molar-refractivity contribution in [1.82, 2.24) is 15.0 Å². The summed E-state index contributed by atoms with van der Waals surface area (Å²) in [5, 5.41) is 16.8. The molecule has 1 heterocycles. The third-order valence-corrected chi connectivity index (χ3v) is 3.37. The molecule has 0 aliphatic heterocycles. The normalized spacial score (nSPS) is 10.2. The number of carbonyl (C=O) groups excluding carboxylic acids is 2. The molecule has 1 aromatic carbocycles. The van der Waals surface area contributed by atoms with Gasteiger partial charge >= 0.3 is 11.9 Å². The van der Waals surface area contributed by atoms with Crippen LogP contribution in [0.1, 0.15) is 16.8 Å². The predicted molar refractivity (Wildman–Crippen MR) is 81.5 cm³/mol. The molecule has 0 aliphatic rings. The molecule has 0 N–H and O–H groups in total. The zero-order valence-electron chi connectivity index (χ0n) is 13.3. The Bertz CT molecular complexity index is 762. The second kappa shape index (κ2) is 7.87. The zero-order chi connectivity index (χ0) is 17.5. The van der Waals surface area contributed by atoms with Crippen LogP contribution in [0.3, 0.4) is 0 Å². The Labute approximate surface area is 138 Å². The number of nitrogens with zero attached hydrogens (tertiary/aromatic N) is 4. The molecule has 2 aromatic rings. The largest absolute Gasteiger partial charge is 0.468 e. The van der Waals surface area contributed by atoms with Gasteiger partial charge in [0.25, 0.3) is 0 Å². The number of aromatic nitrogens is 3. The van der Waals surface area contributed by atoms with E-state index in [9.17, 15) is 9.59 Å². The zero-order valence-corrected chi connectivity index (χ0v) is 13.3. The summed E-state index contributed by atoms with van der Waals surface area (Å²) >= 11 is 0. The summed E-state index contributed by atoms with van der Waals surface area (Å²) in [6, 6.07) is 9.20. The molecule has 8 nitrogen and oxygen atoms in total. The average molecular weight is 328 g/mol. The van der Waals surface area contributed by atoms with E-state index in [0.717, 1.165) is 5.56 Å². The molecule has 0 radical (unpaired) electrons. The smallest absolute Gasteiger partial charge is 0.320 e. The van der Waals surface area contributed by atoms with Crippen LogP contribution in [-0.2, 0) is 32.0 Å². The average Bonchev–Trinajstić information content (AvgIpc) is 3.05. The van der Waals surface area contributed by atoms with Crippen molar-refractivity contribution in [3.8, 4) is 6.07 Å². The van der Waals surface area contributed by atoms with Gasteiger partial charge in [0.2, 0.25) is 0 Å². The van der Waals surface area contributed by atoms with Gasteiger partial charge in [-0.1, -0.05) is 17.3 Å². The molecule has 0 spiro atoms. The highest BCUT2D eigenvalue weighted by molar-refractivity contribution is 5.95. The van der Waals surface area contributed by atoms with Crippen LogP contribution in [0.2, 0.25) is 0 Å². The minimum atomic E-state index is -1.08. The molecule has 8 heteroatoms. The predicted octanol–water partition coefficient (Wildman–Crippen LogP) is 0.703. The molecular formula is C16H16N4O4. The maximum atomic E-state index is 11.7. The fraction of sp³-hybridized carbons (Fsp3) is 0.312. The first-order valence-corrected chi connectivity index (χ1v) is 7.11. The van der Waals surface area contributed by atoms with Gasteiger partial charge in [-0.05, 0) is 17.7 Å². The summed E-state index contributed by atoms with van der Waals surface area (Å²) in [6.07, 6.45) is 1.68. The van der Waals surface area contributed by atoms with E-state index in [1.807, 2.05) is 6.07 Å². The summed E-state index contributed by atoms with van der Waals surface area (Å²) in [7, 11) is 2.41. The van der Waals surface area contributed by atoms with Crippen molar-refractivity contribution in [3.05, 3.63) is 47.3 Å². The summed E-state index contributed by atoms with van der Waals surface area (Å²) < 4.78 is 10.8. The molecule has 0 bridgehead atoms. The minimum absolute atomic E-state index is 0.0393. The van der Waals surface area contributed by atoms with Crippen LogP contribution in [0.25, 0.3) is 0 Å². The van der Waals surface area contributed by atoms with Crippen LogP contribution < -0.4 is 0 Å². The number of hydrogen-bond donors (Lipinski definition) is 0. The van der Waals surface area contributed by atoms with E-state index < -0.39 is 17.9 Å². The van der Waals surface area contributed by atoms with E-state index in [0.29, 0.717) is 17.8 Å². The number of nitriles is 1. The molecule has 0 fully saturated rings. The highest BCUT2D eigenvalue weighted by Crippen LogP contribution is 2.11. The van der Waals surface area contributed by atoms with Crippen molar-refractivity contribution in [2.24, 2.45) is 5.92 Å². The van der Waals surface area contributed by atoms with Gasteiger partial charge in [0.05, 0.1) is 38.1 Å². The van der Waals surface area contributed by atoms with Crippen molar-refractivity contribution in [3.63, 3.8) is 0 Å². The van der Waals surface area contributed by atoms with E-state index in [2.05, 4.69) is 25.9 Å². The first-order chi connectivity index (χ1) is 11.6. The number of rotatable bonds is 6. The Morgan fingerprint density at radius 3 is 2.62 bits per heavy atom. The molecule has 124 valence electrons. The second-order valence-corrected chi connectivity index (χ2v) is 5.02. The number of carbonyl (C=O) groups is 2. The van der Waals surface area contributed by atoms with Gasteiger partial charge in [0, 0.05) is 12.6 Å². The van der Waals surface area contributed by atoms with E-state index >= 15 is 0 Å². The number of esters is 2. The van der Waals surface area contributed by atoms with Crippen LogP contribution in [0.15, 0.2) is 30.5 Å². The van der Waals surface area contributed by atoms with Crippen molar-refractivity contribution >= 4 is 11.9 Å². The minimum Gasteiger partial charge on any atom is -0.468 e. The SMILES string of the molecule is COC(=O)C(Cc1cn(Cc2cccc(C#N)c2)nn1)C(=O)OC. The van der Waals surface area contributed by atoms with Gasteiger partial charge in [-0.15, -0.1) is 5.10 Å². The van der Waals surface area contributed by atoms with Crippen molar-refractivity contribution in [2.45, 2.75) is 13.0 Å². The first-order valence-electron chi connectivity index (χ1n) is 7.11. The van der Waals surface area contributed by atoms with Crippen molar-refractivity contribution in [1.29, 1.82) is 5.26 Å². The topological polar surface area (TPSA) is 107 Å². The molecule has 2 rings (SSSR count). The van der Waals surface area contributed by atoms with Gasteiger partial charge in [0.1, 0.15) is 0 Å². The highest BCUT2D eigenvalue weighted by atomic mass is 16.5. The highest BCUT2D eigenvalue weighted by Gasteiger charge is 2.29. The molecular weight excluding hydrogens is 312 g/mol. The molecule has 0 atom stereocenters. The fourth-order valence-electron chi connectivity index (χ4n) is 2.19. The van der Waals surface area contributed by atoms with Crippen molar-refractivity contribution in [2.75, 3.05) is 14.2 Å². The van der Waals surface area contributed by atoms with Crippen LogP contribution in [0.4, 0.5) is 0 Å². The van der Waals surface area contributed by atoms with E-state index in [1.54, 1.807) is 29.1 Å². The molecule has 0 unspecified atom stereocenters. The van der Waals surface area contributed by atoms with E-state index in [-0.39, 0.29) is 6.42 Å². The van der Waals surface area contributed by atoms with E-state index in [4.69, 9.17) is 5.26 Å². The monoisotopic (exact) mass is 328 g/mol. The Kier molecular flexibility index (Phi) is 5.63. The van der Waals surface area contributed by atoms with E-state index in [1.165, 1.54) is 14.2 Å². The third kappa shape index (κ3) is 4.16. The number of methoxy groups -OCH3 is 2. The second-order valence-electron chi connectivity index (χ2n) is 5.02. The lowest BCUT2D eigenvalue weighted by Crippen LogP contribution is -2.28. The standard InChI is InChI=1S/C16H16N4O4/c1-23-15(21)14(16(22)24-2)7-13-10-20(19-18-13)9-12-5-3-4-11(6-12)8-17/h3-6,10,14H,7,9H2,1-2H3. The first kappa shape index (κ1) is 17.1. The van der Waals surface area contributed by atoms with Gasteiger partial charge < -0.3 is 9.47 Å². The maximum absolute atomic E-state index is 11.7. The maximum Gasteiger partial charge on any atom is 0.320 e. The number of benzene rings is 1. The summed E-state index contributed by atoms with van der Waals surface area (Å²) in [4.78, 5) is 23.4. The van der Waals surface area contributed by atoms with Crippen molar-refractivity contribution < 1.29 is 19.1 Å². The quantitative estimate of drug-likeness (QED) is 0.567. The Balaban J connectivity index is 2.10. The fourth-order valence-corrected chi connectivity index (χ4v) is 2.19.